The Bertz CT molecular complexity index is 497. The summed E-state index contributed by atoms with van der Waals surface area (Å²) < 4.78 is 4.72. The van der Waals surface area contributed by atoms with Crippen molar-refractivity contribution < 1.29 is 14.3 Å². The molecule has 0 bridgehead atoms. The molecule has 2 N–H and O–H groups in total. The first kappa shape index (κ1) is 11.4. The summed E-state index contributed by atoms with van der Waals surface area (Å²) in [6, 6.07) is 3.40. The van der Waals surface area contributed by atoms with Crippen LogP contribution in [0.5, 0.6) is 0 Å². The van der Waals surface area contributed by atoms with Crippen LogP contribution in [0.15, 0.2) is 12.1 Å². The maximum absolute atomic E-state index is 11.7. The van der Waals surface area contributed by atoms with Crippen molar-refractivity contribution in [1.29, 1.82) is 0 Å². The van der Waals surface area contributed by atoms with Crippen molar-refractivity contribution in [1.82, 2.24) is 0 Å². The standard InChI is InChI=1S/C12H14N2O3/c1-7(15)14-6-5-8-10(14)4-3-9(13)11(8)12(16)17-2/h3-4H,5-6,13H2,1-2H3. The summed E-state index contributed by atoms with van der Waals surface area (Å²) in [4.78, 5) is 24.7. The van der Waals surface area contributed by atoms with Crippen molar-refractivity contribution in [2.45, 2.75) is 13.3 Å². The molecule has 0 radical (unpaired) electrons. The first-order valence-corrected chi connectivity index (χ1v) is 5.34. The minimum absolute atomic E-state index is 0.0377. The van der Waals surface area contributed by atoms with Crippen LogP contribution in [0.3, 0.4) is 0 Å². The van der Waals surface area contributed by atoms with Gasteiger partial charge in [0.2, 0.25) is 5.91 Å². The van der Waals surface area contributed by atoms with Gasteiger partial charge >= 0.3 is 5.97 Å². The van der Waals surface area contributed by atoms with Gasteiger partial charge in [-0.2, -0.15) is 0 Å². The molecule has 0 saturated heterocycles. The highest BCUT2D eigenvalue weighted by molar-refractivity contribution is 6.02. The van der Waals surface area contributed by atoms with E-state index in [-0.39, 0.29) is 5.91 Å². The summed E-state index contributed by atoms with van der Waals surface area (Å²) in [5.74, 6) is -0.492. The van der Waals surface area contributed by atoms with E-state index >= 15 is 0 Å². The van der Waals surface area contributed by atoms with Gasteiger partial charge in [-0.15, -0.1) is 0 Å². The number of fused-ring (bicyclic) bond motifs is 1. The zero-order valence-electron chi connectivity index (χ0n) is 9.82. The molecule has 0 fully saturated rings. The number of esters is 1. The Morgan fingerprint density at radius 3 is 2.71 bits per heavy atom. The third-order valence-corrected chi connectivity index (χ3v) is 2.97. The Kier molecular flexibility index (Phi) is 2.75. The van der Waals surface area contributed by atoms with Gasteiger partial charge in [-0.1, -0.05) is 0 Å². The zero-order valence-corrected chi connectivity index (χ0v) is 9.82. The van der Waals surface area contributed by atoms with E-state index in [1.807, 2.05) is 0 Å². The van der Waals surface area contributed by atoms with Gasteiger partial charge < -0.3 is 15.4 Å². The second kappa shape index (κ2) is 4.08. The number of rotatable bonds is 1. The van der Waals surface area contributed by atoms with Crippen LogP contribution in [-0.4, -0.2) is 25.5 Å². The highest BCUT2D eigenvalue weighted by Crippen LogP contribution is 2.34. The predicted molar refractivity (Wildman–Crippen MR) is 63.9 cm³/mol. The van der Waals surface area contributed by atoms with Crippen molar-refractivity contribution in [3.05, 3.63) is 23.3 Å². The first-order valence-electron chi connectivity index (χ1n) is 5.34. The molecule has 0 saturated carbocycles. The number of nitrogen functional groups attached to an aromatic ring is 1. The lowest BCUT2D eigenvalue weighted by atomic mass is 10.0. The zero-order chi connectivity index (χ0) is 12.6. The molecule has 1 heterocycles. The molecule has 0 unspecified atom stereocenters. The fraction of sp³-hybridized carbons (Fsp3) is 0.333. The largest absolute Gasteiger partial charge is 0.465 e. The number of hydrogen-bond acceptors (Lipinski definition) is 4. The molecule has 2 rings (SSSR count). The molecule has 0 spiro atoms. The molecule has 0 atom stereocenters. The van der Waals surface area contributed by atoms with Gasteiger partial charge in [0.15, 0.2) is 0 Å². The molecule has 5 heteroatoms. The number of nitrogens with zero attached hydrogens (tertiary/aromatic N) is 1. The average molecular weight is 234 g/mol. The normalized spacial score (nSPS) is 13.4. The van der Waals surface area contributed by atoms with Crippen LogP contribution >= 0.6 is 0 Å². The van der Waals surface area contributed by atoms with E-state index in [0.717, 1.165) is 11.3 Å². The van der Waals surface area contributed by atoms with E-state index in [9.17, 15) is 9.59 Å². The lowest BCUT2D eigenvalue weighted by molar-refractivity contribution is -0.116. The molecule has 1 aromatic rings. The van der Waals surface area contributed by atoms with Crippen LogP contribution in [0.4, 0.5) is 11.4 Å². The fourth-order valence-corrected chi connectivity index (χ4v) is 2.18. The molecule has 17 heavy (non-hydrogen) atoms. The van der Waals surface area contributed by atoms with E-state index in [1.165, 1.54) is 14.0 Å². The molecule has 0 aliphatic carbocycles. The summed E-state index contributed by atoms with van der Waals surface area (Å²) in [5.41, 5.74) is 8.12. The highest BCUT2D eigenvalue weighted by atomic mass is 16.5. The van der Waals surface area contributed by atoms with Gasteiger partial charge in [0.05, 0.1) is 12.7 Å². The molecule has 90 valence electrons. The number of amides is 1. The minimum Gasteiger partial charge on any atom is -0.465 e. The highest BCUT2D eigenvalue weighted by Gasteiger charge is 2.28. The van der Waals surface area contributed by atoms with Crippen LogP contribution < -0.4 is 10.6 Å². The second-order valence-corrected chi connectivity index (χ2v) is 3.94. The Balaban J connectivity index is 2.56. The number of ether oxygens (including phenoxy) is 1. The summed E-state index contributed by atoms with van der Waals surface area (Å²) in [6.07, 6.45) is 0.629. The van der Waals surface area contributed by atoms with E-state index in [0.29, 0.717) is 24.2 Å². The molecule has 1 aliphatic rings. The van der Waals surface area contributed by atoms with Crippen molar-refractivity contribution >= 4 is 23.3 Å². The number of carbonyl (C=O) groups is 2. The molecular formula is C12H14N2O3. The SMILES string of the molecule is COC(=O)c1c(N)ccc2c1CCN2C(C)=O. The van der Waals surface area contributed by atoms with E-state index in [1.54, 1.807) is 17.0 Å². The lowest BCUT2D eigenvalue weighted by Gasteiger charge is -2.15. The number of benzene rings is 1. The maximum Gasteiger partial charge on any atom is 0.340 e. The molecular weight excluding hydrogens is 220 g/mol. The second-order valence-electron chi connectivity index (χ2n) is 3.94. The van der Waals surface area contributed by atoms with E-state index in [4.69, 9.17) is 10.5 Å². The van der Waals surface area contributed by atoms with Gasteiger partial charge in [0.25, 0.3) is 0 Å². The molecule has 1 aromatic carbocycles. The van der Waals surface area contributed by atoms with Crippen LogP contribution in [0.1, 0.15) is 22.8 Å². The fourth-order valence-electron chi connectivity index (χ4n) is 2.18. The van der Waals surface area contributed by atoms with Crippen molar-refractivity contribution in [3.63, 3.8) is 0 Å². The number of methoxy groups -OCH3 is 1. The van der Waals surface area contributed by atoms with Gasteiger partial charge in [-0.25, -0.2) is 4.79 Å². The van der Waals surface area contributed by atoms with Crippen LogP contribution in [0.25, 0.3) is 0 Å². The number of anilines is 2. The van der Waals surface area contributed by atoms with Crippen LogP contribution in [0, 0.1) is 0 Å². The smallest absolute Gasteiger partial charge is 0.340 e. The van der Waals surface area contributed by atoms with Gasteiger partial charge in [0, 0.05) is 24.8 Å². The summed E-state index contributed by atoms with van der Waals surface area (Å²) in [6.45, 7) is 2.08. The Morgan fingerprint density at radius 1 is 1.41 bits per heavy atom. The number of carbonyl (C=O) groups excluding carboxylic acids is 2. The third kappa shape index (κ3) is 1.73. The van der Waals surface area contributed by atoms with Crippen molar-refractivity contribution in [2.24, 2.45) is 0 Å². The Hall–Kier alpha value is -2.04. The van der Waals surface area contributed by atoms with Crippen molar-refractivity contribution in [2.75, 3.05) is 24.3 Å². The summed E-state index contributed by atoms with van der Waals surface area (Å²) in [5, 5.41) is 0. The summed E-state index contributed by atoms with van der Waals surface area (Å²) in [7, 11) is 1.32. The third-order valence-electron chi connectivity index (χ3n) is 2.97. The van der Waals surface area contributed by atoms with Gasteiger partial charge in [0.1, 0.15) is 0 Å². The van der Waals surface area contributed by atoms with E-state index in [2.05, 4.69) is 0 Å². The average Bonchev–Trinajstić information content (AvgIpc) is 2.71. The molecule has 0 aromatic heterocycles. The maximum atomic E-state index is 11.7. The molecule has 5 nitrogen and oxygen atoms in total. The monoisotopic (exact) mass is 234 g/mol. The van der Waals surface area contributed by atoms with Crippen LogP contribution in [0.2, 0.25) is 0 Å². The Labute approximate surface area is 99.2 Å². The van der Waals surface area contributed by atoms with E-state index < -0.39 is 5.97 Å². The van der Waals surface area contributed by atoms with Crippen LogP contribution in [-0.2, 0) is 16.0 Å². The predicted octanol–water partition coefficient (Wildman–Crippen LogP) is 0.964. The quantitative estimate of drug-likeness (QED) is 0.580. The first-order chi connectivity index (χ1) is 8.06. The topological polar surface area (TPSA) is 72.6 Å². The molecule has 1 amide bonds. The van der Waals surface area contributed by atoms with Crippen molar-refractivity contribution in [3.8, 4) is 0 Å². The Morgan fingerprint density at radius 2 is 2.12 bits per heavy atom. The van der Waals surface area contributed by atoms with Gasteiger partial charge in [-0.3, -0.25) is 4.79 Å². The van der Waals surface area contributed by atoms with Gasteiger partial charge in [-0.05, 0) is 24.1 Å². The molecule has 1 aliphatic heterocycles. The summed E-state index contributed by atoms with van der Waals surface area (Å²) >= 11 is 0. The minimum atomic E-state index is -0.454. The lowest BCUT2D eigenvalue weighted by Crippen LogP contribution is -2.25. The number of hydrogen-bond donors (Lipinski definition) is 1. The number of nitrogens with two attached hydrogens (primary N) is 1.